The lowest BCUT2D eigenvalue weighted by Crippen LogP contribution is -2.32. The fourth-order valence-electron chi connectivity index (χ4n) is 1.48. The van der Waals surface area contributed by atoms with Gasteiger partial charge < -0.3 is 10.4 Å². The molecule has 0 aromatic carbocycles. The molecular formula is C11H18BrNOS. The molecule has 1 atom stereocenters. The van der Waals surface area contributed by atoms with E-state index in [1.165, 1.54) is 4.88 Å². The van der Waals surface area contributed by atoms with Crippen LogP contribution in [-0.4, -0.2) is 17.8 Å². The third kappa shape index (κ3) is 5.11. The van der Waals surface area contributed by atoms with Crippen LogP contribution in [0.2, 0.25) is 0 Å². The molecule has 0 amide bonds. The summed E-state index contributed by atoms with van der Waals surface area (Å²) in [5.41, 5.74) is 0. The zero-order valence-electron chi connectivity index (χ0n) is 9.16. The quantitative estimate of drug-likeness (QED) is 0.845. The van der Waals surface area contributed by atoms with Gasteiger partial charge in [-0.05, 0) is 34.3 Å². The van der Waals surface area contributed by atoms with E-state index in [0.717, 1.165) is 17.4 Å². The molecule has 1 heterocycles. The molecule has 2 nitrogen and oxygen atoms in total. The average Bonchev–Trinajstić information content (AvgIpc) is 2.58. The summed E-state index contributed by atoms with van der Waals surface area (Å²) in [6.45, 7) is 5.40. The minimum Gasteiger partial charge on any atom is -0.395 e. The molecule has 0 spiro atoms. The molecule has 0 saturated carbocycles. The first-order valence-corrected chi connectivity index (χ1v) is 6.86. The van der Waals surface area contributed by atoms with Crippen molar-refractivity contribution in [2.75, 3.05) is 6.61 Å². The molecule has 1 aromatic heterocycles. The topological polar surface area (TPSA) is 32.3 Å². The maximum absolute atomic E-state index is 9.19. The molecule has 0 aliphatic heterocycles. The summed E-state index contributed by atoms with van der Waals surface area (Å²) in [6, 6.07) is 2.33. The van der Waals surface area contributed by atoms with E-state index in [1.807, 2.05) is 0 Å². The second-order valence-electron chi connectivity index (χ2n) is 4.12. The van der Waals surface area contributed by atoms with Crippen molar-refractivity contribution < 1.29 is 5.11 Å². The number of aliphatic hydroxyl groups excluding tert-OH is 1. The SMILES string of the molecule is CC(C)C[C@H](CO)NCc1cc(Br)cs1. The van der Waals surface area contributed by atoms with Crippen molar-refractivity contribution in [1.82, 2.24) is 5.32 Å². The maximum Gasteiger partial charge on any atom is 0.0584 e. The number of hydrogen-bond donors (Lipinski definition) is 2. The summed E-state index contributed by atoms with van der Waals surface area (Å²) in [7, 11) is 0. The summed E-state index contributed by atoms with van der Waals surface area (Å²) in [5.74, 6) is 0.615. The summed E-state index contributed by atoms with van der Waals surface area (Å²) in [5, 5.41) is 14.6. The first-order chi connectivity index (χ1) is 7.11. The number of hydrogen-bond acceptors (Lipinski definition) is 3. The van der Waals surface area contributed by atoms with Crippen molar-refractivity contribution in [1.29, 1.82) is 0 Å². The Kier molecular flexibility index (Phi) is 5.82. The molecule has 0 unspecified atom stereocenters. The van der Waals surface area contributed by atoms with Crippen LogP contribution in [0.3, 0.4) is 0 Å². The van der Waals surface area contributed by atoms with Gasteiger partial charge in [-0.15, -0.1) is 11.3 Å². The Bertz CT molecular complexity index is 288. The molecule has 1 rings (SSSR count). The molecule has 4 heteroatoms. The van der Waals surface area contributed by atoms with Gasteiger partial charge >= 0.3 is 0 Å². The third-order valence-electron chi connectivity index (χ3n) is 2.16. The Morgan fingerprint density at radius 3 is 2.73 bits per heavy atom. The van der Waals surface area contributed by atoms with Gasteiger partial charge in [0.15, 0.2) is 0 Å². The fourth-order valence-corrected chi connectivity index (χ4v) is 2.88. The Morgan fingerprint density at radius 2 is 2.27 bits per heavy atom. The third-order valence-corrected chi connectivity index (χ3v) is 3.86. The molecule has 0 bridgehead atoms. The van der Waals surface area contributed by atoms with Crippen LogP contribution >= 0.6 is 27.3 Å². The number of halogens is 1. The molecule has 0 aliphatic rings. The molecule has 2 N–H and O–H groups in total. The van der Waals surface area contributed by atoms with Crippen LogP contribution in [-0.2, 0) is 6.54 Å². The maximum atomic E-state index is 9.19. The summed E-state index contributed by atoms with van der Waals surface area (Å²) >= 11 is 5.16. The van der Waals surface area contributed by atoms with E-state index in [-0.39, 0.29) is 12.6 Å². The van der Waals surface area contributed by atoms with E-state index < -0.39 is 0 Å². The van der Waals surface area contributed by atoms with Gasteiger partial charge in [-0.3, -0.25) is 0 Å². The smallest absolute Gasteiger partial charge is 0.0584 e. The van der Waals surface area contributed by atoms with Gasteiger partial charge in [-0.25, -0.2) is 0 Å². The Balaban J connectivity index is 2.34. The average molecular weight is 292 g/mol. The number of thiophene rings is 1. The van der Waals surface area contributed by atoms with Crippen molar-refractivity contribution in [2.24, 2.45) is 5.92 Å². The van der Waals surface area contributed by atoms with Crippen LogP contribution in [0.4, 0.5) is 0 Å². The van der Waals surface area contributed by atoms with Gasteiger partial charge in [0.05, 0.1) is 6.61 Å². The zero-order chi connectivity index (χ0) is 11.3. The van der Waals surface area contributed by atoms with Crippen LogP contribution < -0.4 is 5.32 Å². The second kappa shape index (κ2) is 6.63. The monoisotopic (exact) mass is 291 g/mol. The van der Waals surface area contributed by atoms with E-state index >= 15 is 0 Å². The van der Waals surface area contributed by atoms with Gasteiger partial charge in [0, 0.05) is 27.3 Å². The minimum atomic E-state index is 0.213. The standard InChI is InChI=1S/C11H18BrNOS/c1-8(2)3-10(6-14)13-5-11-4-9(12)7-15-11/h4,7-8,10,13-14H,3,5-6H2,1-2H3/t10-/m1/s1. The highest BCUT2D eigenvalue weighted by Crippen LogP contribution is 2.19. The predicted octanol–water partition coefficient (Wildman–Crippen LogP) is 3.01. The van der Waals surface area contributed by atoms with E-state index in [9.17, 15) is 5.11 Å². The Hall–Kier alpha value is 0.1000. The van der Waals surface area contributed by atoms with Crippen molar-refractivity contribution in [3.05, 3.63) is 20.8 Å². The van der Waals surface area contributed by atoms with Crippen molar-refractivity contribution in [3.63, 3.8) is 0 Å². The van der Waals surface area contributed by atoms with Crippen molar-refractivity contribution >= 4 is 27.3 Å². The normalized spacial score (nSPS) is 13.4. The Morgan fingerprint density at radius 1 is 1.53 bits per heavy atom. The largest absolute Gasteiger partial charge is 0.395 e. The van der Waals surface area contributed by atoms with Crippen LogP contribution in [0.5, 0.6) is 0 Å². The van der Waals surface area contributed by atoms with Gasteiger partial charge in [-0.1, -0.05) is 13.8 Å². The first kappa shape index (κ1) is 13.2. The molecule has 0 saturated heterocycles. The van der Waals surface area contributed by atoms with Crippen LogP contribution in [0, 0.1) is 5.92 Å². The van der Waals surface area contributed by atoms with Crippen LogP contribution in [0.25, 0.3) is 0 Å². The van der Waals surface area contributed by atoms with Crippen molar-refractivity contribution in [3.8, 4) is 0 Å². The Labute approximate surface area is 104 Å². The summed E-state index contributed by atoms with van der Waals surface area (Å²) in [4.78, 5) is 1.30. The molecular weight excluding hydrogens is 274 g/mol. The van der Waals surface area contributed by atoms with Crippen molar-refractivity contribution in [2.45, 2.75) is 32.9 Å². The molecule has 86 valence electrons. The fraction of sp³-hybridized carbons (Fsp3) is 0.636. The summed E-state index contributed by atoms with van der Waals surface area (Å²) in [6.07, 6.45) is 1.02. The first-order valence-electron chi connectivity index (χ1n) is 5.19. The zero-order valence-corrected chi connectivity index (χ0v) is 11.6. The second-order valence-corrected chi connectivity index (χ2v) is 6.03. The van der Waals surface area contributed by atoms with Gasteiger partial charge in [0.25, 0.3) is 0 Å². The molecule has 0 radical (unpaired) electrons. The lowest BCUT2D eigenvalue weighted by atomic mass is 10.0. The number of nitrogens with one attached hydrogen (secondary N) is 1. The molecule has 0 fully saturated rings. The van der Waals surface area contributed by atoms with Crippen LogP contribution in [0.1, 0.15) is 25.1 Å². The van der Waals surface area contributed by atoms with Crippen LogP contribution in [0.15, 0.2) is 15.9 Å². The number of aliphatic hydroxyl groups is 1. The van der Waals surface area contributed by atoms with E-state index in [1.54, 1.807) is 11.3 Å². The highest BCUT2D eigenvalue weighted by atomic mass is 79.9. The van der Waals surface area contributed by atoms with Gasteiger partial charge in [0.2, 0.25) is 0 Å². The molecule has 15 heavy (non-hydrogen) atoms. The predicted molar refractivity (Wildman–Crippen MR) is 69.2 cm³/mol. The molecule has 0 aliphatic carbocycles. The number of rotatable bonds is 6. The van der Waals surface area contributed by atoms with Gasteiger partial charge in [-0.2, -0.15) is 0 Å². The lowest BCUT2D eigenvalue weighted by Gasteiger charge is -2.17. The van der Waals surface area contributed by atoms with E-state index in [2.05, 4.69) is 46.5 Å². The highest BCUT2D eigenvalue weighted by molar-refractivity contribution is 9.10. The van der Waals surface area contributed by atoms with Gasteiger partial charge in [0.1, 0.15) is 0 Å². The lowest BCUT2D eigenvalue weighted by molar-refractivity contribution is 0.224. The highest BCUT2D eigenvalue weighted by Gasteiger charge is 2.09. The molecule has 1 aromatic rings. The van der Waals surface area contributed by atoms with E-state index in [0.29, 0.717) is 5.92 Å². The van der Waals surface area contributed by atoms with E-state index in [4.69, 9.17) is 0 Å². The summed E-state index contributed by atoms with van der Waals surface area (Å²) < 4.78 is 1.13. The minimum absolute atomic E-state index is 0.213.